The van der Waals surface area contributed by atoms with E-state index >= 15 is 0 Å². The second kappa shape index (κ2) is 48.7. The van der Waals surface area contributed by atoms with Crippen molar-refractivity contribution in [3.63, 3.8) is 0 Å². The van der Waals surface area contributed by atoms with Gasteiger partial charge in [-0.3, -0.25) is 4.79 Å². The van der Waals surface area contributed by atoms with Gasteiger partial charge in [0.05, 0.1) is 25.4 Å². The molecule has 9 heteroatoms. The van der Waals surface area contributed by atoms with E-state index in [4.69, 9.17) is 9.47 Å². The Bertz CT molecular complexity index is 1400. The summed E-state index contributed by atoms with van der Waals surface area (Å²) in [7, 11) is 0. The van der Waals surface area contributed by atoms with Gasteiger partial charge in [-0.15, -0.1) is 0 Å². The van der Waals surface area contributed by atoms with Crippen LogP contribution in [0.4, 0.5) is 0 Å². The number of aliphatic hydroxyl groups is 5. The van der Waals surface area contributed by atoms with Crippen LogP contribution in [-0.4, -0.2) is 87.5 Å². The number of allylic oxidation sites excluding steroid dienone is 16. The van der Waals surface area contributed by atoms with Crippen LogP contribution in [0.5, 0.6) is 0 Å². The molecule has 1 aliphatic heterocycles. The smallest absolute Gasteiger partial charge is 0.220 e. The van der Waals surface area contributed by atoms with Crippen molar-refractivity contribution in [2.75, 3.05) is 13.2 Å². The summed E-state index contributed by atoms with van der Waals surface area (Å²) >= 11 is 0. The highest BCUT2D eigenvalue weighted by molar-refractivity contribution is 5.76. The highest BCUT2D eigenvalue weighted by Crippen LogP contribution is 2.23. The third-order valence-electron chi connectivity index (χ3n) is 12.7. The number of carbonyl (C=O) groups is 1. The predicted molar refractivity (Wildman–Crippen MR) is 290 cm³/mol. The summed E-state index contributed by atoms with van der Waals surface area (Å²) in [5.41, 5.74) is 0. The van der Waals surface area contributed by atoms with Crippen LogP contribution in [0.15, 0.2) is 97.2 Å². The summed E-state index contributed by atoms with van der Waals surface area (Å²) in [5, 5.41) is 54.6. The van der Waals surface area contributed by atoms with Crippen molar-refractivity contribution in [2.24, 2.45) is 0 Å². The van der Waals surface area contributed by atoms with Gasteiger partial charge in [0.2, 0.25) is 5.91 Å². The third-order valence-corrected chi connectivity index (χ3v) is 12.7. The number of carbonyl (C=O) groups excluding carboxylic acids is 1. The molecular weight excluding hydrogens is 863 g/mol. The van der Waals surface area contributed by atoms with Crippen molar-refractivity contribution >= 4 is 5.91 Å². The van der Waals surface area contributed by atoms with E-state index in [0.717, 1.165) is 103 Å². The molecule has 0 aromatic carbocycles. The van der Waals surface area contributed by atoms with Gasteiger partial charge < -0.3 is 40.3 Å². The molecule has 0 spiro atoms. The SMILES string of the molecule is CC/C=C\C/C=C\C/C=C\C/C=C\C/C=C\C/C=C\C/C=C\C/C=C\CCCCCCC(=O)NC(COC1OC(CO)C(O)C(O)C1O)C(O)CCCCCCCCCCCCCCCCCCC. The van der Waals surface area contributed by atoms with Crippen LogP contribution in [-0.2, 0) is 14.3 Å². The molecule has 1 aliphatic rings. The first-order valence-corrected chi connectivity index (χ1v) is 27.9. The molecule has 69 heavy (non-hydrogen) atoms. The normalized spacial score (nSPS) is 20.2. The summed E-state index contributed by atoms with van der Waals surface area (Å²) in [6.45, 7) is 3.71. The zero-order chi connectivity index (χ0) is 50.1. The minimum Gasteiger partial charge on any atom is -0.394 e. The van der Waals surface area contributed by atoms with Gasteiger partial charge in [0.25, 0.3) is 0 Å². The Morgan fingerprint density at radius 3 is 1.33 bits per heavy atom. The molecule has 396 valence electrons. The quantitative estimate of drug-likeness (QED) is 0.0261. The summed E-state index contributed by atoms with van der Waals surface area (Å²) < 4.78 is 11.3. The molecule has 7 atom stereocenters. The first kappa shape index (κ1) is 64.1. The van der Waals surface area contributed by atoms with Crippen molar-refractivity contribution in [1.29, 1.82) is 0 Å². The lowest BCUT2D eigenvalue weighted by Crippen LogP contribution is -2.60. The van der Waals surface area contributed by atoms with Gasteiger partial charge in [-0.05, 0) is 77.0 Å². The molecule has 1 saturated heterocycles. The standard InChI is InChI=1S/C60H103NO8/c1-3-5-7-9-11-13-15-17-19-21-22-23-24-25-26-27-28-29-30-31-32-34-36-38-40-42-44-46-48-50-56(64)61-53(52-68-60-59(67)58(66)57(65)55(51-62)69-60)54(63)49-47-45-43-41-39-37-35-33-20-18-16-14-12-10-8-6-4-2/h5,7,11,13,17,19,22-23,25-26,28-29,31-32,36,38,53-55,57-60,62-63,65-67H,3-4,6,8-10,12,14-16,18,20-21,24,27,30,33-35,37,39-52H2,1-2H3,(H,61,64)/b7-5-,13-11-,19-17-,23-22-,26-25-,29-28-,32-31-,38-36-. The van der Waals surface area contributed by atoms with Crippen molar-refractivity contribution in [1.82, 2.24) is 5.32 Å². The Balaban J connectivity index is 2.27. The van der Waals surface area contributed by atoms with E-state index in [1.165, 1.54) is 89.9 Å². The summed E-state index contributed by atoms with van der Waals surface area (Å²) in [6, 6.07) is -0.740. The molecule has 1 amide bonds. The van der Waals surface area contributed by atoms with E-state index in [1.807, 2.05) is 0 Å². The van der Waals surface area contributed by atoms with Crippen LogP contribution in [0.25, 0.3) is 0 Å². The summed E-state index contributed by atoms with van der Waals surface area (Å²) in [6.07, 6.45) is 62.7. The van der Waals surface area contributed by atoms with Crippen molar-refractivity contribution in [2.45, 2.75) is 262 Å². The molecule has 0 aromatic heterocycles. The van der Waals surface area contributed by atoms with Crippen molar-refractivity contribution in [3.8, 4) is 0 Å². The van der Waals surface area contributed by atoms with E-state index in [0.29, 0.717) is 12.8 Å². The zero-order valence-corrected chi connectivity index (χ0v) is 43.8. The first-order valence-electron chi connectivity index (χ1n) is 27.9. The number of aliphatic hydroxyl groups excluding tert-OH is 5. The average Bonchev–Trinajstić information content (AvgIpc) is 3.35. The average molecular weight is 966 g/mol. The summed E-state index contributed by atoms with van der Waals surface area (Å²) in [5.74, 6) is -0.172. The van der Waals surface area contributed by atoms with Crippen LogP contribution < -0.4 is 5.32 Å². The molecule has 0 aliphatic carbocycles. The van der Waals surface area contributed by atoms with Gasteiger partial charge in [0.15, 0.2) is 6.29 Å². The molecule has 0 radical (unpaired) electrons. The highest BCUT2D eigenvalue weighted by Gasteiger charge is 2.44. The minimum atomic E-state index is -1.56. The maximum Gasteiger partial charge on any atom is 0.220 e. The lowest BCUT2D eigenvalue weighted by molar-refractivity contribution is -0.302. The Kier molecular flexibility index (Phi) is 45.3. The fraction of sp³-hybridized carbons (Fsp3) is 0.717. The van der Waals surface area contributed by atoms with E-state index in [1.54, 1.807) is 0 Å². The predicted octanol–water partition coefficient (Wildman–Crippen LogP) is 13.6. The second-order valence-corrected chi connectivity index (χ2v) is 19.0. The molecule has 1 heterocycles. The molecule has 1 rings (SSSR count). The first-order chi connectivity index (χ1) is 33.8. The van der Waals surface area contributed by atoms with E-state index in [-0.39, 0.29) is 12.5 Å². The highest BCUT2D eigenvalue weighted by atomic mass is 16.7. The van der Waals surface area contributed by atoms with Crippen LogP contribution in [0.1, 0.15) is 219 Å². The molecule has 7 unspecified atom stereocenters. The molecule has 0 saturated carbocycles. The minimum absolute atomic E-state index is 0.154. The number of unbranched alkanes of at least 4 members (excludes halogenated alkanes) is 20. The molecular formula is C60H103NO8. The van der Waals surface area contributed by atoms with E-state index in [2.05, 4.69) is 116 Å². The molecule has 9 nitrogen and oxygen atoms in total. The van der Waals surface area contributed by atoms with Gasteiger partial charge in [-0.25, -0.2) is 0 Å². The van der Waals surface area contributed by atoms with Crippen LogP contribution >= 0.6 is 0 Å². The van der Waals surface area contributed by atoms with Crippen molar-refractivity contribution < 1.29 is 39.8 Å². The summed E-state index contributed by atoms with van der Waals surface area (Å²) in [4.78, 5) is 13.1. The Morgan fingerprint density at radius 2 is 0.899 bits per heavy atom. The maximum atomic E-state index is 13.1. The van der Waals surface area contributed by atoms with Crippen molar-refractivity contribution in [3.05, 3.63) is 97.2 Å². The number of hydrogen-bond acceptors (Lipinski definition) is 8. The number of rotatable bonds is 46. The van der Waals surface area contributed by atoms with Crippen LogP contribution in [0.3, 0.4) is 0 Å². The Morgan fingerprint density at radius 1 is 0.507 bits per heavy atom. The van der Waals surface area contributed by atoms with Gasteiger partial charge in [0.1, 0.15) is 24.4 Å². The number of ether oxygens (including phenoxy) is 2. The third kappa shape index (κ3) is 38.5. The van der Waals surface area contributed by atoms with E-state index in [9.17, 15) is 30.3 Å². The molecule has 0 bridgehead atoms. The fourth-order valence-corrected chi connectivity index (χ4v) is 8.29. The number of amides is 1. The maximum absolute atomic E-state index is 13.1. The fourth-order valence-electron chi connectivity index (χ4n) is 8.29. The van der Waals surface area contributed by atoms with Gasteiger partial charge in [-0.1, -0.05) is 233 Å². The number of nitrogens with one attached hydrogen (secondary N) is 1. The van der Waals surface area contributed by atoms with E-state index < -0.39 is 49.5 Å². The van der Waals surface area contributed by atoms with Gasteiger partial charge in [-0.2, -0.15) is 0 Å². The van der Waals surface area contributed by atoms with Gasteiger partial charge in [0, 0.05) is 6.42 Å². The van der Waals surface area contributed by atoms with Crippen LogP contribution in [0, 0.1) is 0 Å². The molecule has 0 aromatic rings. The monoisotopic (exact) mass is 966 g/mol. The Labute approximate surface area is 422 Å². The largest absolute Gasteiger partial charge is 0.394 e. The van der Waals surface area contributed by atoms with Crippen LogP contribution in [0.2, 0.25) is 0 Å². The zero-order valence-electron chi connectivity index (χ0n) is 43.8. The number of hydrogen-bond donors (Lipinski definition) is 6. The van der Waals surface area contributed by atoms with Gasteiger partial charge >= 0.3 is 0 Å². The second-order valence-electron chi connectivity index (χ2n) is 19.0. The molecule has 1 fully saturated rings. The Hall–Kier alpha value is -2.89. The molecule has 6 N–H and O–H groups in total. The lowest BCUT2D eigenvalue weighted by Gasteiger charge is -2.40. The topological polar surface area (TPSA) is 149 Å². The lowest BCUT2D eigenvalue weighted by atomic mass is 9.99.